The average molecular weight is 295 g/mol. The Morgan fingerprint density at radius 3 is 2.38 bits per heavy atom. The van der Waals surface area contributed by atoms with Gasteiger partial charge in [0.1, 0.15) is 12.4 Å². The molecule has 0 aliphatic rings. The average Bonchev–Trinajstić information content (AvgIpc) is 3.01. The molecule has 0 atom stereocenters. The zero-order chi connectivity index (χ0) is 14.7. The first-order valence-electron chi connectivity index (χ1n) is 6.90. The molecular formula is C18H17NOS. The van der Waals surface area contributed by atoms with Crippen LogP contribution in [-0.2, 0) is 6.61 Å². The number of hydrogen-bond acceptors (Lipinski definition) is 3. The van der Waals surface area contributed by atoms with Gasteiger partial charge in [-0.1, -0.05) is 30.3 Å². The lowest BCUT2D eigenvalue weighted by Gasteiger charge is -2.13. The summed E-state index contributed by atoms with van der Waals surface area (Å²) in [6.07, 6.45) is 0. The SMILES string of the molecule is Cc1cc(-c2cscn2)cc(C)c1OCc1ccccc1. The van der Waals surface area contributed by atoms with E-state index in [9.17, 15) is 0 Å². The molecule has 21 heavy (non-hydrogen) atoms. The molecule has 0 aliphatic heterocycles. The Kier molecular flexibility index (Phi) is 4.02. The van der Waals surface area contributed by atoms with Crippen molar-refractivity contribution >= 4 is 11.3 Å². The highest BCUT2D eigenvalue weighted by Crippen LogP contribution is 2.30. The number of ether oxygens (including phenoxy) is 1. The van der Waals surface area contributed by atoms with Crippen molar-refractivity contribution in [1.82, 2.24) is 4.98 Å². The van der Waals surface area contributed by atoms with Gasteiger partial charge < -0.3 is 4.74 Å². The van der Waals surface area contributed by atoms with Crippen molar-refractivity contribution < 1.29 is 4.74 Å². The van der Waals surface area contributed by atoms with Gasteiger partial charge in [-0.3, -0.25) is 0 Å². The summed E-state index contributed by atoms with van der Waals surface area (Å²) in [5.41, 5.74) is 7.52. The maximum Gasteiger partial charge on any atom is 0.125 e. The normalized spacial score (nSPS) is 10.6. The van der Waals surface area contributed by atoms with E-state index in [1.165, 1.54) is 5.56 Å². The molecule has 2 aromatic carbocycles. The second-order valence-corrected chi connectivity index (χ2v) is 5.81. The summed E-state index contributed by atoms with van der Waals surface area (Å²) in [6.45, 7) is 4.77. The molecule has 0 fully saturated rings. The predicted molar refractivity (Wildman–Crippen MR) is 87.8 cm³/mol. The highest BCUT2D eigenvalue weighted by atomic mass is 32.1. The summed E-state index contributed by atoms with van der Waals surface area (Å²) >= 11 is 1.62. The summed E-state index contributed by atoms with van der Waals surface area (Å²) in [7, 11) is 0. The number of aromatic nitrogens is 1. The van der Waals surface area contributed by atoms with Crippen LogP contribution in [0.15, 0.2) is 53.4 Å². The molecule has 0 saturated heterocycles. The molecule has 2 nitrogen and oxygen atoms in total. The van der Waals surface area contributed by atoms with E-state index in [1.807, 2.05) is 23.7 Å². The van der Waals surface area contributed by atoms with Crippen LogP contribution in [0.25, 0.3) is 11.3 Å². The second-order valence-electron chi connectivity index (χ2n) is 5.09. The zero-order valence-electron chi connectivity index (χ0n) is 12.2. The number of rotatable bonds is 4. The van der Waals surface area contributed by atoms with Crippen LogP contribution in [0.2, 0.25) is 0 Å². The lowest BCUT2D eigenvalue weighted by Crippen LogP contribution is -1.99. The minimum atomic E-state index is 0.596. The van der Waals surface area contributed by atoms with Crippen molar-refractivity contribution in [1.29, 1.82) is 0 Å². The van der Waals surface area contributed by atoms with E-state index in [4.69, 9.17) is 4.74 Å². The molecule has 0 radical (unpaired) electrons. The van der Waals surface area contributed by atoms with Crippen LogP contribution in [-0.4, -0.2) is 4.98 Å². The molecule has 106 valence electrons. The molecule has 0 amide bonds. The minimum Gasteiger partial charge on any atom is -0.488 e. The monoisotopic (exact) mass is 295 g/mol. The van der Waals surface area contributed by atoms with E-state index in [0.29, 0.717) is 6.61 Å². The van der Waals surface area contributed by atoms with Gasteiger partial charge in [0, 0.05) is 10.9 Å². The molecular weight excluding hydrogens is 278 g/mol. The Balaban J connectivity index is 1.83. The van der Waals surface area contributed by atoms with Crippen LogP contribution in [0.1, 0.15) is 16.7 Å². The van der Waals surface area contributed by atoms with E-state index >= 15 is 0 Å². The lowest BCUT2D eigenvalue weighted by molar-refractivity contribution is 0.302. The van der Waals surface area contributed by atoms with Gasteiger partial charge in [-0.05, 0) is 42.7 Å². The Labute approximate surface area is 129 Å². The highest BCUT2D eigenvalue weighted by molar-refractivity contribution is 7.07. The highest BCUT2D eigenvalue weighted by Gasteiger charge is 2.09. The third-order valence-electron chi connectivity index (χ3n) is 3.41. The first kappa shape index (κ1) is 13.8. The van der Waals surface area contributed by atoms with Crippen molar-refractivity contribution in [3.05, 3.63) is 70.0 Å². The summed E-state index contributed by atoms with van der Waals surface area (Å²) in [5, 5.41) is 2.07. The number of aryl methyl sites for hydroxylation is 2. The van der Waals surface area contributed by atoms with E-state index in [1.54, 1.807) is 11.3 Å². The van der Waals surface area contributed by atoms with Crippen LogP contribution >= 0.6 is 11.3 Å². The Morgan fingerprint density at radius 2 is 1.76 bits per heavy atom. The number of benzene rings is 2. The molecule has 0 aliphatic carbocycles. The molecule has 0 unspecified atom stereocenters. The van der Waals surface area contributed by atoms with Crippen molar-refractivity contribution in [3.8, 4) is 17.0 Å². The largest absolute Gasteiger partial charge is 0.488 e. The fraction of sp³-hybridized carbons (Fsp3) is 0.167. The van der Waals surface area contributed by atoms with Crippen molar-refractivity contribution in [3.63, 3.8) is 0 Å². The smallest absolute Gasteiger partial charge is 0.125 e. The Morgan fingerprint density at radius 1 is 1.05 bits per heavy atom. The van der Waals surface area contributed by atoms with Crippen molar-refractivity contribution in [2.24, 2.45) is 0 Å². The van der Waals surface area contributed by atoms with Gasteiger partial charge in [0.2, 0.25) is 0 Å². The second kappa shape index (κ2) is 6.10. The summed E-state index contributed by atoms with van der Waals surface area (Å²) < 4.78 is 6.01. The molecule has 1 heterocycles. The third-order valence-corrected chi connectivity index (χ3v) is 4.00. The van der Waals surface area contributed by atoms with Crippen LogP contribution in [0, 0.1) is 13.8 Å². The van der Waals surface area contributed by atoms with E-state index < -0.39 is 0 Å². The predicted octanol–water partition coefficient (Wildman–Crippen LogP) is 5.01. The Bertz CT molecular complexity index is 697. The van der Waals surface area contributed by atoms with E-state index in [0.717, 1.165) is 28.1 Å². The van der Waals surface area contributed by atoms with Crippen molar-refractivity contribution in [2.45, 2.75) is 20.5 Å². The topological polar surface area (TPSA) is 22.1 Å². The maximum absolute atomic E-state index is 6.01. The molecule has 0 spiro atoms. The van der Waals surface area contributed by atoms with E-state index in [-0.39, 0.29) is 0 Å². The molecule has 0 N–H and O–H groups in total. The van der Waals surface area contributed by atoms with Crippen LogP contribution in [0.5, 0.6) is 5.75 Å². The quantitative estimate of drug-likeness (QED) is 0.675. The van der Waals surface area contributed by atoms with Gasteiger partial charge >= 0.3 is 0 Å². The zero-order valence-corrected chi connectivity index (χ0v) is 13.0. The van der Waals surface area contributed by atoms with Gasteiger partial charge in [0.15, 0.2) is 0 Å². The summed E-state index contributed by atoms with van der Waals surface area (Å²) in [5.74, 6) is 0.970. The summed E-state index contributed by atoms with van der Waals surface area (Å²) in [4.78, 5) is 4.37. The first-order chi connectivity index (χ1) is 10.2. The van der Waals surface area contributed by atoms with E-state index in [2.05, 4.69) is 48.5 Å². The first-order valence-corrected chi connectivity index (χ1v) is 7.85. The molecule has 3 aromatic rings. The lowest BCUT2D eigenvalue weighted by atomic mass is 10.0. The minimum absolute atomic E-state index is 0.596. The van der Waals surface area contributed by atoms with Crippen molar-refractivity contribution in [2.75, 3.05) is 0 Å². The molecule has 0 saturated carbocycles. The summed E-state index contributed by atoms with van der Waals surface area (Å²) in [6, 6.07) is 14.5. The van der Waals surface area contributed by atoms with Gasteiger partial charge in [0.25, 0.3) is 0 Å². The van der Waals surface area contributed by atoms with Crippen LogP contribution < -0.4 is 4.74 Å². The standard InChI is InChI=1S/C18H17NOS/c1-13-8-16(17-11-21-12-19-17)9-14(2)18(13)20-10-15-6-4-3-5-7-15/h3-9,11-12H,10H2,1-2H3. The fourth-order valence-corrected chi connectivity index (χ4v) is 2.97. The number of nitrogens with zero attached hydrogens (tertiary/aromatic N) is 1. The van der Waals surface area contributed by atoms with Crippen LogP contribution in [0.3, 0.4) is 0 Å². The number of thiazole rings is 1. The Hall–Kier alpha value is -2.13. The fourth-order valence-electron chi connectivity index (χ4n) is 2.41. The molecule has 1 aromatic heterocycles. The third kappa shape index (κ3) is 3.14. The van der Waals surface area contributed by atoms with Gasteiger partial charge in [-0.2, -0.15) is 0 Å². The van der Waals surface area contributed by atoms with Gasteiger partial charge in [0.05, 0.1) is 11.2 Å². The maximum atomic E-state index is 6.01. The molecule has 3 rings (SSSR count). The molecule has 3 heteroatoms. The van der Waals surface area contributed by atoms with Gasteiger partial charge in [-0.15, -0.1) is 11.3 Å². The van der Waals surface area contributed by atoms with Crippen LogP contribution in [0.4, 0.5) is 0 Å². The number of hydrogen-bond donors (Lipinski definition) is 0. The molecule has 0 bridgehead atoms. The van der Waals surface area contributed by atoms with Gasteiger partial charge in [-0.25, -0.2) is 4.98 Å².